The van der Waals surface area contributed by atoms with Crippen molar-refractivity contribution in [2.24, 2.45) is 0 Å². The summed E-state index contributed by atoms with van der Waals surface area (Å²) in [6.07, 6.45) is 0.313. The summed E-state index contributed by atoms with van der Waals surface area (Å²) in [6.45, 7) is 3.57. The van der Waals surface area contributed by atoms with Crippen LogP contribution in [0, 0.1) is 6.92 Å². The molecule has 0 radical (unpaired) electrons. The molecule has 0 aromatic heterocycles. The number of hydrogen-bond donors (Lipinski definition) is 3. The van der Waals surface area contributed by atoms with E-state index in [0.717, 1.165) is 5.56 Å². The van der Waals surface area contributed by atoms with Crippen LogP contribution in [0.2, 0.25) is 0 Å². The van der Waals surface area contributed by atoms with E-state index >= 15 is 0 Å². The van der Waals surface area contributed by atoms with Crippen LogP contribution in [0.1, 0.15) is 18.9 Å². The number of carboxylic acid groups (broad SMARTS) is 1. The Hall–Kier alpha value is -2.24. The van der Waals surface area contributed by atoms with Crippen molar-refractivity contribution in [3.05, 3.63) is 23.8 Å². The van der Waals surface area contributed by atoms with Gasteiger partial charge >= 0.3 is 12.0 Å². The number of benzene rings is 1. The second kappa shape index (κ2) is 6.63. The lowest BCUT2D eigenvalue weighted by Crippen LogP contribution is -2.42. The van der Waals surface area contributed by atoms with Crippen molar-refractivity contribution >= 4 is 17.7 Å². The molecule has 6 nitrogen and oxygen atoms in total. The van der Waals surface area contributed by atoms with Crippen LogP contribution in [-0.2, 0) is 4.79 Å². The maximum atomic E-state index is 11.7. The number of carboxylic acids is 1. The number of aryl methyl sites for hydroxylation is 1. The van der Waals surface area contributed by atoms with E-state index in [1.54, 1.807) is 19.1 Å². The molecule has 6 heteroatoms. The molecule has 1 rings (SSSR count). The van der Waals surface area contributed by atoms with Crippen LogP contribution in [0.5, 0.6) is 5.75 Å². The zero-order valence-electron chi connectivity index (χ0n) is 11.2. The maximum Gasteiger partial charge on any atom is 0.326 e. The van der Waals surface area contributed by atoms with E-state index in [1.165, 1.54) is 7.11 Å². The third-order valence-electron chi connectivity index (χ3n) is 2.61. The fraction of sp³-hybridized carbons (Fsp3) is 0.385. The van der Waals surface area contributed by atoms with E-state index in [-0.39, 0.29) is 0 Å². The Bertz CT molecular complexity index is 474. The Morgan fingerprint density at radius 2 is 2.11 bits per heavy atom. The molecule has 0 saturated heterocycles. The number of rotatable bonds is 5. The molecule has 0 aliphatic carbocycles. The monoisotopic (exact) mass is 266 g/mol. The number of carbonyl (C=O) groups excluding carboxylic acids is 1. The standard InChI is InChI=1S/C13H18N2O4/c1-4-9(12(16)17)14-13(18)15-10-7-8(2)5-6-11(10)19-3/h5-7,9H,4H2,1-3H3,(H,16,17)(H2,14,15,18). The van der Waals surface area contributed by atoms with Crippen LogP contribution < -0.4 is 15.4 Å². The molecule has 0 aliphatic rings. The Morgan fingerprint density at radius 3 is 2.63 bits per heavy atom. The van der Waals surface area contributed by atoms with Crippen LogP contribution in [0.25, 0.3) is 0 Å². The van der Waals surface area contributed by atoms with Gasteiger partial charge in [-0.15, -0.1) is 0 Å². The van der Waals surface area contributed by atoms with Crippen LogP contribution >= 0.6 is 0 Å². The molecular formula is C13H18N2O4. The number of methoxy groups -OCH3 is 1. The van der Waals surface area contributed by atoms with Crippen molar-refractivity contribution in [1.82, 2.24) is 5.32 Å². The molecular weight excluding hydrogens is 248 g/mol. The summed E-state index contributed by atoms with van der Waals surface area (Å²) in [5.74, 6) is -0.544. The summed E-state index contributed by atoms with van der Waals surface area (Å²) in [5, 5.41) is 13.8. The normalized spacial score (nSPS) is 11.5. The van der Waals surface area contributed by atoms with Crippen molar-refractivity contribution in [3.8, 4) is 5.75 Å². The first-order valence-corrected chi connectivity index (χ1v) is 5.92. The van der Waals surface area contributed by atoms with Gasteiger partial charge in [0.1, 0.15) is 11.8 Å². The van der Waals surface area contributed by atoms with Crippen molar-refractivity contribution < 1.29 is 19.4 Å². The molecule has 0 spiro atoms. The molecule has 1 unspecified atom stereocenters. The highest BCUT2D eigenvalue weighted by Crippen LogP contribution is 2.24. The van der Waals surface area contributed by atoms with Gasteiger partial charge in [0, 0.05) is 0 Å². The summed E-state index contributed by atoms with van der Waals surface area (Å²) in [5.41, 5.74) is 1.46. The highest BCUT2D eigenvalue weighted by atomic mass is 16.5. The van der Waals surface area contributed by atoms with Crippen LogP contribution in [0.15, 0.2) is 18.2 Å². The van der Waals surface area contributed by atoms with E-state index in [2.05, 4.69) is 10.6 Å². The van der Waals surface area contributed by atoms with E-state index in [0.29, 0.717) is 17.9 Å². The van der Waals surface area contributed by atoms with Gasteiger partial charge in [-0.25, -0.2) is 9.59 Å². The summed E-state index contributed by atoms with van der Waals surface area (Å²) in [6, 6.07) is 3.86. The molecule has 104 valence electrons. The molecule has 0 aliphatic heterocycles. The summed E-state index contributed by atoms with van der Waals surface area (Å²) in [7, 11) is 1.50. The SMILES string of the molecule is CCC(NC(=O)Nc1cc(C)ccc1OC)C(=O)O. The summed E-state index contributed by atoms with van der Waals surface area (Å²) < 4.78 is 5.12. The van der Waals surface area contributed by atoms with Gasteiger partial charge in [-0.2, -0.15) is 0 Å². The van der Waals surface area contributed by atoms with Crippen LogP contribution in [0.3, 0.4) is 0 Å². The fourth-order valence-corrected chi connectivity index (χ4v) is 1.57. The molecule has 0 saturated carbocycles. The number of urea groups is 1. The Kier molecular flexibility index (Phi) is 5.17. The molecule has 1 aromatic rings. The van der Waals surface area contributed by atoms with Crippen molar-refractivity contribution in [3.63, 3.8) is 0 Å². The minimum absolute atomic E-state index is 0.313. The van der Waals surface area contributed by atoms with Gasteiger partial charge < -0.3 is 20.5 Å². The first-order chi connectivity index (χ1) is 8.97. The number of aliphatic carboxylic acids is 1. The third kappa shape index (κ3) is 4.17. The van der Waals surface area contributed by atoms with E-state index in [1.807, 2.05) is 13.0 Å². The zero-order chi connectivity index (χ0) is 14.4. The van der Waals surface area contributed by atoms with Crippen molar-refractivity contribution in [1.29, 1.82) is 0 Å². The number of carbonyl (C=O) groups is 2. The third-order valence-corrected chi connectivity index (χ3v) is 2.61. The van der Waals surface area contributed by atoms with Crippen LogP contribution in [0.4, 0.5) is 10.5 Å². The number of anilines is 1. The topological polar surface area (TPSA) is 87.7 Å². The van der Waals surface area contributed by atoms with Gasteiger partial charge in [0.2, 0.25) is 0 Å². The van der Waals surface area contributed by atoms with Gasteiger partial charge in [-0.3, -0.25) is 0 Å². The van der Waals surface area contributed by atoms with E-state index in [4.69, 9.17) is 9.84 Å². The first-order valence-electron chi connectivity index (χ1n) is 5.92. The molecule has 0 fully saturated rings. The van der Waals surface area contributed by atoms with Gasteiger partial charge in [0.15, 0.2) is 0 Å². The van der Waals surface area contributed by atoms with E-state index in [9.17, 15) is 9.59 Å². The smallest absolute Gasteiger partial charge is 0.326 e. The van der Waals surface area contributed by atoms with Gasteiger partial charge in [-0.1, -0.05) is 13.0 Å². The number of hydrogen-bond acceptors (Lipinski definition) is 3. The number of ether oxygens (including phenoxy) is 1. The second-order valence-electron chi connectivity index (χ2n) is 4.10. The highest BCUT2D eigenvalue weighted by molar-refractivity contribution is 5.93. The Balaban J connectivity index is 2.76. The first kappa shape index (κ1) is 14.8. The fourth-order valence-electron chi connectivity index (χ4n) is 1.57. The van der Waals surface area contributed by atoms with Crippen LogP contribution in [-0.4, -0.2) is 30.3 Å². The minimum Gasteiger partial charge on any atom is -0.495 e. The molecule has 2 amide bonds. The van der Waals surface area contributed by atoms with Gasteiger partial charge in [0.25, 0.3) is 0 Å². The lowest BCUT2D eigenvalue weighted by molar-refractivity contribution is -0.139. The summed E-state index contributed by atoms with van der Waals surface area (Å²) in [4.78, 5) is 22.6. The molecule has 0 bridgehead atoms. The maximum absolute atomic E-state index is 11.7. The Labute approximate surface area is 111 Å². The summed E-state index contributed by atoms with van der Waals surface area (Å²) >= 11 is 0. The molecule has 19 heavy (non-hydrogen) atoms. The molecule has 3 N–H and O–H groups in total. The quantitative estimate of drug-likeness (QED) is 0.760. The highest BCUT2D eigenvalue weighted by Gasteiger charge is 2.18. The van der Waals surface area contributed by atoms with Gasteiger partial charge in [-0.05, 0) is 31.0 Å². The minimum atomic E-state index is -1.06. The predicted molar refractivity (Wildman–Crippen MR) is 71.6 cm³/mol. The van der Waals surface area contributed by atoms with Crippen molar-refractivity contribution in [2.45, 2.75) is 26.3 Å². The lowest BCUT2D eigenvalue weighted by Gasteiger charge is -2.15. The average molecular weight is 266 g/mol. The largest absolute Gasteiger partial charge is 0.495 e. The molecule has 1 aromatic carbocycles. The number of amides is 2. The lowest BCUT2D eigenvalue weighted by atomic mass is 10.2. The Morgan fingerprint density at radius 1 is 1.42 bits per heavy atom. The predicted octanol–water partition coefficient (Wildman–Crippen LogP) is 1.99. The number of nitrogens with one attached hydrogen (secondary N) is 2. The molecule has 0 heterocycles. The van der Waals surface area contributed by atoms with E-state index < -0.39 is 18.0 Å². The van der Waals surface area contributed by atoms with Gasteiger partial charge in [0.05, 0.1) is 12.8 Å². The van der Waals surface area contributed by atoms with Crippen molar-refractivity contribution in [2.75, 3.05) is 12.4 Å². The average Bonchev–Trinajstić information content (AvgIpc) is 2.35. The second-order valence-corrected chi connectivity index (χ2v) is 4.10. The zero-order valence-corrected chi connectivity index (χ0v) is 11.2. The molecule has 1 atom stereocenters.